The van der Waals surface area contributed by atoms with Crippen LogP contribution in [0, 0.1) is 0 Å². The van der Waals surface area contributed by atoms with E-state index in [0.717, 1.165) is 36.3 Å². The van der Waals surface area contributed by atoms with Crippen LogP contribution in [0.1, 0.15) is 30.0 Å². The van der Waals surface area contributed by atoms with E-state index in [1.165, 1.54) is 0 Å². The summed E-state index contributed by atoms with van der Waals surface area (Å²) < 4.78 is 7.66. The highest BCUT2D eigenvalue weighted by molar-refractivity contribution is 5.76. The van der Waals surface area contributed by atoms with E-state index in [0.29, 0.717) is 19.6 Å². The molecule has 0 spiro atoms. The van der Waals surface area contributed by atoms with E-state index >= 15 is 0 Å². The number of aryl methyl sites for hydroxylation is 1. The van der Waals surface area contributed by atoms with Crippen molar-refractivity contribution in [3.63, 3.8) is 0 Å². The molecular weight excluding hydrogens is 352 g/mol. The number of amides is 1. The number of hydrogen-bond donors (Lipinski definition) is 0. The molecule has 1 amide bonds. The van der Waals surface area contributed by atoms with Gasteiger partial charge in [0.05, 0.1) is 12.2 Å². The third-order valence-corrected chi connectivity index (χ3v) is 5.13. The molecule has 1 aliphatic heterocycles. The van der Waals surface area contributed by atoms with Crippen molar-refractivity contribution in [3.05, 3.63) is 78.1 Å². The fraction of sp³-hybridized carbons (Fsp3) is 0.318. The third kappa shape index (κ3) is 4.57. The Kier molecular flexibility index (Phi) is 5.66. The van der Waals surface area contributed by atoms with Gasteiger partial charge in [-0.15, -0.1) is 5.10 Å². The van der Waals surface area contributed by atoms with Gasteiger partial charge >= 0.3 is 0 Å². The standard InChI is InChI=1S/C22H24N4O2/c27-22(25-14-12-20(16-25)26-15-13-23-24-26)11-8-18-6-9-21(10-7-18)28-17-19-4-2-1-3-5-19/h1-7,9-10,13,15,20H,8,11-12,14,16-17H2. The van der Waals surface area contributed by atoms with Crippen LogP contribution in [-0.4, -0.2) is 38.9 Å². The molecule has 0 bridgehead atoms. The quantitative estimate of drug-likeness (QED) is 0.635. The van der Waals surface area contributed by atoms with Gasteiger partial charge in [0, 0.05) is 25.7 Å². The van der Waals surface area contributed by atoms with E-state index in [1.807, 2.05) is 70.4 Å². The Labute approximate surface area is 164 Å². The van der Waals surface area contributed by atoms with Gasteiger partial charge in [-0.05, 0) is 36.1 Å². The molecule has 6 nitrogen and oxygen atoms in total. The molecule has 0 radical (unpaired) electrons. The molecule has 0 N–H and O–H groups in total. The number of likely N-dealkylation sites (tertiary alicyclic amines) is 1. The van der Waals surface area contributed by atoms with Crippen molar-refractivity contribution >= 4 is 5.91 Å². The topological polar surface area (TPSA) is 60.2 Å². The second kappa shape index (κ2) is 8.69. The van der Waals surface area contributed by atoms with Crippen LogP contribution in [0.15, 0.2) is 67.0 Å². The lowest BCUT2D eigenvalue weighted by molar-refractivity contribution is -0.130. The maximum Gasteiger partial charge on any atom is 0.222 e. The molecule has 3 aromatic rings. The average Bonchev–Trinajstić information content (AvgIpc) is 3.44. The minimum atomic E-state index is 0.201. The molecule has 1 aromatic heterocycles. The van der Waals surface area contributed by atoms with E-state index in [9.17, 15) is 4.79 Å². The van der Waals surface area contributed by atoms with Gasteiger partial charge in [0.15, 0.2) is 0 Å². The van der Waals surface area contributed by atoms with Gasteiger partial charge in [0.25, 0.3) is 0 Å². The maximum atomic E-state index is 12.5. The van der Waals surface area contributed by atoms with Crippen LogP contribution < -0.4 is 4.74 Å². The average molecular weight is 376 g/mol. The molecule has 1 atom stereocenters. The number of hydrogen-bond acceptors (Lipinski definition) is 4. The molecule has 1 unspecified atom stereocenters. The number of nitrogens with zero attached hydrogens (tertiary/aromatic N) is 4. The molecule has 144 valence electrons. The summed E-state index contributed by atoms with van der Waals surface area (Å²) in [6, 6.07) is 18.4. The van der Waals surface area contributed by atoms with Crippen molar-refractivity contribution < 1.29 is 9.53 Å². The van der Waals surface area contributed by atoms with Crippen LogP contribution in [0.2, 0.25) is 0 Å². The highest BCUT2D eigenvalue weighted by atomic mass is 16.5. The highest BCUT2D eigenvalue weighted by Gasteiger charge is 2.27. The Morgan fingerprint density at radius 2 is 1.89 bits per heavy atom. The summed E-state index contributed by atoms with van der Waals surface area (Å²) in [6.07, 6.45) is 5.73. The van der Waals surface area contributed by atoms with Crippen LogP contribution >= 0.6 is 0 Å². The van der Waals surface area contributed by atoms with E-state index in [4.69, 9.17) is 4.74 Å². The lowest BCUT2D eigenvalue weighted by Crippen LogP contribution is -2.29. The van der Waals surface area contributed by atoms with Crippen molar-refractivity contribution in [2.75, 3.05) is 13.1 Å². The Hall–Kier alpha value is -3.15. The molecule has 4 rings (SSSR count). The fourth-order valence-corrected chi connectivity index (χ4v) is 3.50. The Morgan fingerprint density at radius 3 is 2.64 bits per heavy atom. The number of rotatable bonds is 7. The van der Waals surface area contributed by atoms with E-state index in [2.05, 4.69) is 10.3 Å². The van der Waals surface area contributed by atoms with E-state index < -0.39 is 0 Å². The monoisotopic (exact) mass is 376 g/mol. The lowest BCUT2D eigenvalue weighted by atomic mass is 10.1. The second-order valence-electron chi connectivity index (χ2n) is 7.08. The Bertz CT molecular complexity index is 879. The van der Waals surface area contributed by atoms with E-state index in [-0.39, 0.29) is 11.9 Å². The summed E-state index contributed by atoms with van der Waals surface area (Å²) in [5.74, 6) is 1.04. The Balaban J connectivity index is 1.23. The van der Waals surface area contributed by atoms with Crippen molar-refractivity contribution in [1.29, 1.82) is 0 Å². The molecule has 0 saturated carbocycles. The largest absolute Gasteiger partial charge is 0.489 e. The first kappa shape index (κ1) is 18.2. The zero-order valence-electron chi connectivity index (χ0n) is 15.8. The third-order valence-electron chi connectivity index (χ3n) is 5.13. The first-order valence-electron chi connectivity index (χ1n) is 9.67. The molecule has 1 fully saturated rings. The molecule has 1 saturated heterocycles. The summed E-state index contributed by atoms with van der Waals surface area (Å²) in [6.45, 7) is 2.06. The number of carbonyl (C=O) groups excluding carboxylic acids is 1. The smallest absolute Gasteiger partial charge is 0.222 e. The fourth-order valence-electron chi connectivity index (χ4n) is 3.50. The highest BCUT2D eigenvalue weighted by Crippen LogP contribution is 2.21. The molecular formula is C22H24N4O2. The van der Waals surface area contributed by atoms with Crippen LogP contribution in [0.3, 0.4) is 0 Å². The molecule has 2 aromatic carbocycles. The van der Waals surface area contributed by atoms with Crippen LogP contribution in [-0.2, 0) is 17.8 Å². The van der Waals surface area contributed by atoms with Crippen LogP contribution in [0.5, 0.6) is 5.75 Å². The van der Waals surface area contributed by atoms with Gasteiger partial charge in [0.1, 0.15) is 12.4 Å². The SMILES string of the molecule is O=C(CCc1ccc(OCc2ccccc2)cc1)N1CCC(n2ccnn2)C1. The maximum absolute atomic E-state index is 12.5. The van der Waals surface area contributed by atoms with Gasteiger partial charge in [-0.3, -0.25) is 4.79 Å². The summed E-state index contributed by atoms with van der Waals surface area (Å²) in [5.41, 5.74) is 2.29. The molecule has 0 aliphatic carbocycles. The van der Waals surface area contributed by atoms with Gasteiger partial charge in [-0.1, -0.05) is 47.7 Å². The zero-order valence-corrected chi connectivity index (χ0v) is 15.8. The Morgan fingerprint density at radius 1 is 1.07 bits per heavy atom. The van der Waals surface area contributed by atoms with Gasteiger partial charge in [0.2, 0.25) is 5.91 Å². The van der Waals surface area contributed by atoms with Gasteiger partial charge in [-0.2, -0.15) is 0 Å². The van der Waals surface area contributed by atoms with Crippen molar-refractivity contribution in [2.24, 2.45) is 0 Å². The molecule has 2 heterocycles. The number of carbonyl (C=O) groups is 1. The van der Waals surface area contributed by atoms with Crippen molar-refractivity contribution in [1.82, 2.24) is 19.9 Å². The summed E-state index contributed by atoms with van der Waals surface area (Å²) >= 11 is 0. The lowest BCUT2D eigenvalue weighted by Gasteiger charge is -2.16. The summed E-state index contributed by atoms with van der Waals surface area (Å²) in [5, 5.41) is 7.89. The number of ether oxygens (including phenoxy) is 1. The molecule has 6 heteroatoms. The molecule has 28 heavy (non-hydrogen) atoms. The van der Waals surface area contributed by atoms with Crippen LogP contribution in [0.25, 0.3) is 0 Å². The first-order valence-corrected chi connectivity index (χ1v) is 9.67. The minimum Gasteiger partial charge on any atom is -0.489 e. The number of benzene rings is 2. The molecule has 1 aliphatic rings. The van der Waals surface area contributed by atoms with Gasteiger partial charge < -0.3 is 9.64 Å². The predicted octanol–water partition coefficient (Wildman–Crippen LogP) is 3.26. The zero-order chi connectivity index (χ0) is 19.2. The van der Waals surface area contributed by atoms with Crippen molar-refractivity contribution in [3.8, 4) is 5.75 Å². The second-order valence-corrected chi connectivity index (χ2v) is 7.08. The van der Waals surface area contributed by atoms with Crippen LogP contribution in [0.4, 0.5) is 0 Å². The summed E-state index contributed by atoms with van der Waals surface area (Å²) in [4.78, 5) is 14.5. The van der Waals surface area contributed by atoms with Gasteiger partial charge in [-0.25, -0.2) is 4.68 Å². The predicted molar refractivity (Wildman–Crippen MR) is 106 cm³/mol. The van der Waals surface area contributed by atoms with E-state index in [1.54, 1.807) is 6.20 Å². The number of aromatic nitrogens is 3. The first-order chi connectivity index (χ1) is 13.8. The normalized spacial score (nSPS) is 16.3. The minimum absolute atomic E-state index is 0.201. The van der Waals surface area contributed by atoms with Crippen molar-refractivity contribution in [2.45, 2.75) is 31.9 Å². The summed E-state index contributed by atoms with van der Waals surface area (Å²) in [7, 11) is 0.